The Labute approximate surface area is 70.0 Å². The lowest BCUT2D eigenvalue weighted by Crippen LogP contribution is -2.30. The summed E-state index contributed by atoms with van der Waals surface area (Å²) in [5.41, 5.74) is 0. The van der Waals surface area contributed by atoms with Crippen LogP contribution in [0.5, 0.6) is 0 Å². The van der Waals surface area contributed by atoms with Crippen molar-refractivity contribution in [2.24, 2.45) is 0 Å². The van der Waals surface area contributed by atoms with Gasteiger partial charge in [0.25, 0.3) is 0 Å². The van der Waals surface area contributed by atoms with Gasteiger partial charge in [-0.2, -0.15) is 0 Å². The fourth-order valence-corrected chi connectivity index (χ4v) is 0.942. The number of hydrogen-bond donors (Lipinski definition) is 1. The third-order valence-corrected chi connectivity index (χ3v) is 1.46. The lowest BCUT2D eigenvalue weighted by molar-refractivity contribution is -0.120. The van der Waals surface area contributed by atoms with Gasteiger partial charge in [-0.3, -0.25) is 4.79 Å². The topological polar surface area (TPSA) is 64.6 Å². The van der Waals surface area contributed by atoms with Crippen LogP contribution in [0.4, 0.5) is 4.79 Å². The Morgan fingerprint density at radius 2 is 2.50 bits per heavy atom. The number of amides is 1. The summed E-state index contributed by atoms with van der Waals surface area (Å²) in [6.45, 7) is 1.97. The van der Waals surface area contributed by atoms with Gasteiger partial charge in [-0.05, 0) is 6.92 Å². The van der Waals surface area contributed by atoms with Crippen molar-refractivity contribution in [3.8, 4) is 0 Å². The molecule has 1 rings (SSSR count). The van der Waals surface area contributed by atoms with Gasteiger partial charge in [0.1, 0.15) is 0 Å². The second-order valence-corrected chi connectivity index (χ2v) is 2.40. The molecule has 0 bridgehead atoms. The van der Waals surface area contributed by atoms with Crippen LogP contribution >= 0.6 is 0 Å². The van der Waals surface area contributed by atoms with Gasteiger partial charge in [-0.15, -0.1) is 0 Å². The Morgan fingerprint density at radius 1 is 1.75 bits per heavy atom. The van der Waals surface area contributed by atoms with E-state index in [-0.39, 0.29) is 12.5 Å². The van der Waals surface area contributed by atoms with Gasteiger partial charge in [0.15, 0.2) is 6.23 Å². The van der Waals surface area contributed by atoms with Crippen LogP contribution in [0.3, 0.4) is 0 Å². The van der Waals surface area contributed by atoms with Gasteiger partial charge in [0.2, 0.25) is 5.91 Å². The van der Waals surface area contributed by atoms with E-state index in [1.54, 1.807) is 6.92 Å². The minimum Gasteiger partial charge on any atom is -0.435 e. The molecule has 0 unspecified atom stereocenters. The highest BCUT2D eigenvalue weighted by atomic mass is 16.7. The number of hydrogen-bond acceptors (Lipinski definition) is 4. The Balaban J connectivity index is 2.23. The molecule has 12 heavy (non-hydrogen) atoms. The number of carbonyl (C=O) groups excluding carboxylic acids is 2. The van der Waals surface area contributed by atoms with Crippen molar-refractivity contribution in [1.29, 1.82) is 0 Å². The maximum atomic E-state index is 10.7. The van der Waals surface area contributed by atoms with Gasteiger partial charge < -0.3 is 14.8 Å². The Hall–Kier alpha value is -1.26. The summed E-state index contributed by atoms with van der Waals surface area (Å²) in [5, 5.41) is 2.48. The predicted molar refractivity (Wildman–Crippen MR) is 39.3 cm³/mol. The van der Waals surface area contributed by atoms with Gasteiger partial charge >= 0.3 is 6.16 Å². The van der Waals surface area contributed by atoms with Crippen molar-refractivity contribution < 1.29 is 19.1 Å². The first-order valence-electron chi connectivity index (χ1n) is 3.85. The summed E-state index contributed by atoms with van der Waals surface area (Å²) in [5.74, 6) is -0.0932. The molecule has 1 aliphatic rings. The minimum absolute atomic E-state index is 0.0932. The molecule has 68 valence electrons. The first-order chi connectivity index (χ1) is 5.72. The van der Waals surface area contributed by atoms with Gasteiger partial charge in [-0.25, -0.2) is 4.79 Å². The monoisotopic (exact) mass is 173 g/mol. The van der Waals surface area contributed by atoms with Crippen molar-refractivity contribution in [2.45, 2.75) is 26.0 Å². The van der Waals surface area contributed by atoms with Gasteiger partial charge in [0, 0.05) is 12.8 Å². The predicted octanol–water partition coefficient (Wildman–Crippen LogP) is 0.396. The third kappa shape index (κ3) is 2.41. The molecule has 1 saturated heterocycles. The number of ether oxygens (including phenoxy) is 2. The van der Waals surface area contributed by atoms with Gasteiger partial charge in [0.05, 0.1) is 6.61 Å². The molecule has 5 heteroatoms. The van der Waals surface area contributed by atoms with Crippen LogP contribution in [0.1, 0.15) is 19.8 Å². The fourth-order valence-electron chi connectivity index (χ4n) is 0.942. The molecule has 5 nitrogen and oxygen atoms in total. The average molecular weight is 173 g/mol. The van der Waals surface area contributed by atoms with E-state index in [1.807, 2.05) is 0 Å². The van der Waals surface area contributed by atoms with E-state index in [4.69, 9.17) is 4.74 Å². The van der Waals surface area contributed by atoms with Crippen LogP contribution in [0.15, 0.2) is 0 Å². The molecular weight excluding hydrogens is 162 g/mol. The molecule has 1 heterocycles. The zero-order chi connectivity index (χ0) is 8.97. The fraction of sp³-hybridized carbons (Fsp3) is 0.714. The van der Waals surface area contributed by atoms with E-state index < -0.39 is 12.4 Å². The molecule has 0 aliphatic carbocycles. The first kappa shape index (κ1) is 8.83. The quantitative estimate of drug-likeness (QED) is 0.614. The summed E-state index contributed by atoms with van der Waals surface area (Å²) in [6, 6.07) is 0. The summed E-state index contributed by atoms with van der Waals surface area (Å²) in [4.78, 5) is 21.4. The molecule has 1 fully saturated rings. The molecule has 0 radical (unpaired) electrons. The van der Waals surface area contributed by atoms with Crippen molar-refractivity contribution in [1.82, 2.24) is 5.32 Å². The molecule has 0 aromatic heterocycles. The van der Waals surface area contributed by atoms with Crippen LogP contribution in [-0.2, 0) is 14.3 Å². The summed E-state index contributed by atoms with van der Waals surface area (Å²) in [6.07, 6.45) is -0.303. The minimum atomic E-state index is -0.732. The highest BCUT2D eigenvalue weighted by Gasteiger charge is 2.24. The van der Waals surface area contributed by atoms with E-state index in [1.165, 1.54) is 0 Å². The molecule has 0 aromatic carbocycles. The van der Waals surface area contributed by atoms with Crippen LogP contribution in [0.25, 0.3) is 0 Å². The van der Waals surface area contributed by atoms with Crippen molar-refractivity contribution in [3.63, 3.8) is 0 Å². The lowest BCUT2D eigenvalue weighted by atomic mass is 10.3. The normalized spacial score (nSPS) is 21.8. The summed E-state index contributed by atoms with van der Waals surface area (Å²) < 4.78 is 9.26. The molecule has 1 N–H and O–H groups in total. The smallest absolute Gasteiger partial charge is 0.435 e. The average Bonchev–Trinajstić information content (AvgIpc) is 2.36. The van der Waals surface area contributed by atoms with Crippen molar-refractivity contribution >= 4 is 12.1 Å². The Bertz CT molecular complexity index is 192. The Kier molecular flexibility index (Phi) is 2.90. The maximum absolute atomic E-state index is 10.7. The molecule has 1 amide bonds. The van der Waals surface area contributed by atoms with Crippen LogP contribution in [-0.4, -0.2) is 24.9 Å². The molecule has 0 spiro atoms. The van der Waals surface area contributed by atoms with Crippen LogP contribution < -0.4 is 5.32 Å². The van der Waals surface area contributed by atoms with Crippen molar-refractivity contribution in [3.05, 3.63) is 0 Å². The number of nitrogens with one attached hydrogen (secondary N) is 1. The third-order valence-electron chi connectivity index (χ3n) is 1.46. The SMILES string of the molecule is CCOC(=O)O[C@H]1CCC(=O)N1. The second kappa shape index (κ2) is 3.94. The molecule has 1 atom stereocenters. The van der Waals surface area contributed by atoms with Gasteiger partial charge in [-0.1, -0.05) is 0 Å². The molecular formula is C7H11NO4. The number of carbonyl (C=O) groups is 2. The largest absolute Gasteiger partial charge is 0.510 e. The van der Waals surface area contributed by atoms with E-state index in [0.29, 0.717) is 12.8 Å². The van der Waals surface area contributed by atoms with E-state index in [2.05, 4.69) is 10.1 Å². The van der Waals surface area contributed by atoms with Crippen molar-refractivity contribution in [2.75, 3.05) is 6.61 Å². The zero-order valence-corrected chi connectivity index (χ0v) is 6.83. The Morgan fingerprint density at radius 3 is 3.00 bits per heavy atom. The highest BCUT2D eigenvalue weighted by Crippen LogP contribution is 2.08. The van der Waals surface area contributed by atoms with Crippen LogP contribution in [0, 0.1) is 0 Å². The summed E-state index contributed by atoms with van der Waals surface area (Å²) >= 11 is 0. The molecule has 0 aromatic rings. The molecule has 0 saturated carbocycles. The maximum Gasteiger partial charge on any atom is 0.510 e. The highest BCUT2D eigenvalue weighted by molar-refractivity contribution is 5.78. The standard InChI is InChI=1S/C7H11NO4/c1-2-11-7(10)12-6-4-3-5(9)8-6/h6H,2-4H2,1H3,(H,8,9)/t6-/m0/s1. The van der Waals surface area contributed by atoms with Crippen LogP contribution in [0.2, 0.25) is 0 Å². The van der Waals surface area contributed by atoms with E-state index in [9.17, 15) is 9.59 Å². The number of rotatable bonds is 2. The zero-order valence-electron chi connectivity index (χ0n) is 6.83. The second-order valence-electron chi connectivity index (χ2n) is 2.40. The van der Waals surface area contributed by atoms with E-state index >= 15 is 0 Å². The molecule has 1 aliphatic heterocycles. The first-order valence-corrected chi connectivity index (χ1v) is 3.85. The summed E-state index contributed by atoms with van der Waals surface area (Å²) in [7, 11) is 0. The lowest BCUT2D eigenvalue weighted by Gasteiger charge is -2.10. The van der Waals surface area contributed by atoms with E-state index in [0.717, 1.165) is 0 Å².